The summed E-state index contributed by atoms with van der Waals surface area (Å²) in [5.41, 5.74) is 1.93. The third kappa shape index (κ3) is 9.25. The lowest BCUT2D eigenvalue weighted by Crippen LogP contribution is -2.35. The van der Waals surface area contributed by atoms with E-state index in [1.54, 1.807) is 24.3 Å². The molecule has 11 heteroatoms. The number of ether oxygens (including phenoxy) is 2. The van der Waals surface area contributed by atoms with Gasteiger partial charge in [-0.05, 0) is 82.9 Å². The van der Waals surface area contributed by atoms with Gasteiger partial charge in [-0.2, -0.15) is 13.2 Å². The number of methoxy groups -OCH3 is 1. The van der Waals surface area contributed by atoms with Crippen molar-refractivity contribution in [3.8, 4) is 28.4 Å². The van der Waals surface area contributed by atoms with E-state index >= 15 is 0 Å². The molecule has 0 fully saturated rings. The van der Waals surface area contributed by atoms with Gasteiger partial charge < -0.3 is 24.8 Å². The molecular weight excluding hydrogens is 637 g/mol. The van der Waals surface area contributed by atoms with Gasteiger partial charge in [0.25, 0.3) is 5.91 Å². The SMILES string of the molecule is COc1ccc(CC(=O)Nc2ccc(C(=O)N(CC(=O)O)Cc3ccc(Oc4cccc(-c5ccccc5)c4)cc3)cc2)c(C(F)(F)F)c1. The van der Waals surface area contributed by atoms with E-state index in [4.69, 9.17) is 9.47 Å². The van der Waals surface area contributed by atoms with Gasteiger partial charge in [0, 0.05) is 17.8 Å². The third-order valence-corrected chi connectivity index (χ3v) is 7.48. The number of carbonyl (C=O) groups is 3. The van der Waals surface area contributed by atoms with Crippen LogP contribution in [0.3, 0.4) is 0 Å². The zero-order valence-electron chi connectivity index (χ0n) is 26.2. The highest BCUT2D eigenvalue weighted by Gasteiger charge is 2.34. The second-order valence-corrected chi connectivity index (χ2v) is 11.0. The number of nitrogens with zero attached hydrogens (tertiary/aromatic N) is 1. The van der Waals surface area contributed by atoms with Crippen molar-refractivity contribution in [2.24, 2.45) is 0 Å². The highest BCUT2D eigenvalue weighted by Crippen LogP contribution is 2.35. The first kappa shape index (κ1) is 34.2. The normalized spacial score (nSPS) is 11.0. The molecule has 0 saturated carbocycles. The molecule has 49 heavy (non-hydrogen) atoms. The number of nitrogens with one attached hydrogen (secondary N) is 1. The van der Waals surface area contributed by atoms with Gasteiger partial charge >= 0.3 is 12.1 Å². The Morgan fingerprint density at radius 3 is 2.08 bits per heavy atom. The van der Waals surface area contributed by atoms with Gasteiger partial charge in [-0.1, -0.05) is 60.7 Å². The molecule has 2 N–H and O–H groups in total. The van der Waals surface area contributed by atoms with Crippen molar-refractivity contribution in [3.63, 3.8) is 0 Å². The van der Waals surface area contributed by atoms with E-state index in [0.717, 1.165) is 22.1 Å². The molecule has 0 heterocycles. The van der Waals surface area contributed by atoms with Gasteiger partial charge in [0.1, 0.15) is 23.8 Å². The van der Waals surface area contributed by atoms with Crippen LogP contribution >= 0.6 is 0 Å². The van der Waals surface area contributed by atoms with Crippen molar-refractivity contribution in [3.05, 3.63) is 144 Å². The largest absolute Gasteiger partial charge is 0.497 e. The summed E-state index contributed by atoms with van der Waals surface area (Å²) in [5.74, 6) is -1.25. The van der Waals surface area contributed by atoms with Crippen LogP contribution < -0.4 is 14.8 Å². The molecule has 250 valence electrons. The molecule has 0 unspecified atom stereocenters. The number of rotatable bonds is 12. The molecule has 0 aliphatic carbocycles. The van der Waals surface area contributed by atoms with Crippen molar-refractivity contribution < 1.29 is 42.1 Å². The fraction of sp³-hybridized carbons (Fsp3) is 0.132. The summed E-state index contributed by atoms with van der Waals surface area (Å²) in [6.45, 7) is -0.567. The summed E-state index contributed by atoms with van der Waals surface area (Å²) in [4.78, 5) is 38.7. The lowest BCUT2D eigenvalue weighted by molar-refractivity contribution is -0.139. The maximum Gasteiger partial charge on any atom is 0.416 e. The van der Waals surface area contributed by atoms with E-state index in [2.05, 4.69) is 5.32 Å². The zero-order valence-corrected chi connectivity index (χ0v) is 26.2. The maximum atomic E-state index is 13.5. The van der Waals surface area contributed by atoms with Crippen LogP contribution in [0.2, 0.25) is 0 Å². The summed E-state index contributed by atoms with van der Waals surface area (Å²) in [5, 5.41) is 12.0. The number of anilines is 1. The lowest BCUT2D eigenvalue weighted by atomic mass is 10.0. The minimum atomic E-state index is -4.68. The Morgan fingerprint density at radius 1 is 0.755 bits per heavy atom. The first-order chi connectivity index (χ1) is 23.5. The number of hydrogen-bond donors (Lipinski definition) is 2. The van der Waals surface area contributed by atoms with Gasteiger partial charge in [-0.25, -0.2) is 0 Å². The van der Waals surface area contributed by atoms with Crippen LogP contribution in [0.1, 0.15) is 27.0 Å². The van der Waals surface area contributed by atoms with E-state index in [9.17, 15) is 32.7 Å². The van der Waals surface area contributed by atoms with Gasteiger partial charge in [0.05, 0.1) is 19.1 Å². The molecule has 0 spiro atoms. The molecule has 8 nitrogen and oxygen atoms in total. The van der Waals surface area contributed by atoms with E-state index in [-0.39, 0.29) is 29.1 Å². The standard InChI is InChI=1S/C38H31F3N2O6/c1-48-32-19-14-29(34(22-32)38(39,40)41)21-35(44)42-30-15-12-27(13-16-30)37(47)43(24-36(45)46)23-25-10-17-31(18-11-25)49-33-9-5-8-28(20-33)26-6-3-2-4-7-26/h2-20,22H,21,23-24H2,1H3,(H,42,44)(H,45,46). The Bertz CT molecular complexity index is 1930. The molecule has 0 atom stereocenters. The molecule has 0 aliphatic rings. The molecule has 0 saturated heterocycles. The zero-order chi connectivity index (χ0) is 35.0. The van der Waals surface area contributed by atoms with Crippen LogP contribution in [0, 0.1) is 0 Å². The number of benzene rings is 5. The molecule has 5 aromatic carbocycles. The van der Waals surface area contributed by atoms with Crippen molar-refractivity contribution in [1.29, 1.82) is 0 Å². The fourth-order valence-electron chi connectivity index (χ4n) is 5.11. The lowest BCUT2D eigenvalue weighted by Gasteiger charge is -2.21. The Labute approximate surface area is 280 Å². The number of aliphatic carboxylic acids is 1. The number of hydrogen-bond acceptors (Lipinski definition) is 5. The van der Waals surface area contributed by atoms with Crippen LogP contribution in [0.5, 0.6) is 17.2 Å². The predicted molar refractivity (Wildman–Crippen MR) is 178 cm³/mol. The summed E-state index contributed by atoms with van der Waals surface area (Å²) < 4.78 is 51.5. The summed E-state index contributed by atoms with van der Waals surface area (Å²) in [6.07, 6.45) is -5.23. The Balaban J connectivity index is 1.22. The maximum absolute atomic E-state index is 13.5. The van der Waals surface area contributed by atoms with Crippen LogP contribution in [0.4, 0.5) is 18.9 Å². The molecule has 0 aliphatic heterocycles. The fourth-order valence-corrected chi connectivity index (χ4v) is 5.11. The number of halogens is 3. The predicted octanol–water partition coefficient (Wildman–Crippen LogP) is 8.08. The molecule has 5 aromatic rings. The van der Waals surface area contributed by atoms with Gasteiger partial charge in [0.2, 0.25) is 5.91 Å². The average Bonchev–Trinajstić information content (AvgIpc) is 3.09. The highest BCUT2D eigenvalue weighted by atomic mass is 19.4. The molecule has 5 rings (SSSR count). The molecule has 0 bridgehead atoms. The minimum Gasteiger partial charge on any atom is -0.497 e. The van der Waals surface area contributed by atoms with E-state index < -0.39 is 42.5 Å². The number of carboxylic acid groups (broad SMARTS) is 1. The molecular formula is C38H31F3N2O6. The van der Waals surface area contributed by atoms with Gasteiger partial charge in [-0.15, -0.1) is 0 Å². The number of carboxylic acids is 1. The first-order valence-corrected chi connectivity index (χ1v) is 15.1. The van der Waals surface area contributed by atoms with E-state index in [1.165, 1.54) is 43.5 Å². The molecule has 0 radical (unpaired) electrons. The average molecular weight is 669 g/mol. The van der Waals surface area contributed by atoms with Crippen molar-refractivity contribution in [1.82, 2.24) is 4.90 Å². The Morgan fingerprint density at radius 2 is 1.43 bits per heavy atom. The summed E-state index contributed by atoms with van der Waals surface area (Å²) in [7, 11) is 1.25. The number of alkyl halides is 3. The second-order valence-electron chi connectivity index (χ2n) is 11.0. The van der Waals surface area contributed by atoms with Gasteiger partial charge in [0.15, 0.2) is 0 Å². The van der Waals surface area contributed by atoms with Crippen LogP contribution in [-0.2, 0) is 28.7 Å². The minimum absolute atomic E-state index is 0.00318. The van der Waals surface area contributed by atoms with Crippen molar-refractivity contribution in [2.45, 2.75) is 19.1 Å². The second kappa shape index (κ2) is 15.2. The van der Waals surface area contributed by atoms with Crippen LogP contribution in [-0.4, -0.2) is 41.4 Å². The van der Waals surface area contributed by atoms with E-state index in [1.807, 2.05) is 54.6 Å². The Kier molecular flexibility index (Phi) is 10.6. The smallest absolute Gasteiger partial charge is 0.416 e. The summed E-state index contributed by atoms with van der Waals surface area (Å²) in [6, 6.07) is 33.5. The quantitative estimate of drug-likeness (QED) is 0.139. The van der Waals surface area contributed by atoms with Crippen molar-refractivity contribution >= 4 is 23.5 Å². The number of amides is 2. The third-order valence-electron chi connectivity index (χ3n) is 7.48. The number of carbonyl (C=O) groups excluding carboxylic acids is 2. The molecule has 0 aromatic heterocycles. The monoisotopic (exact) mass is 668 g/mol. The molecule has 2 amide bonds. The van der Waals surface area contributed by atoms with Crippen LogP contribution in [0.15, 0.2) is 121 Å². The Hall–Kier alpha value is -6.10. The van der Waals surface area contributed by atoms with Gasteiger partial charge in [-0.3, -0.25) is 14.4 Å². The van der Waals surface area contributed by atoms with Crippen molar-refractivity contribution in [2.75, 3.05) is 19.0 Å². The summed E-state index contributed by atoms with van der Waals surface area (Å²) >= 11 is 0. The highest BCUT2D eigenvalue weighted by molar-refractivity contribution is 5.97. The van der Waals surface area contributed by atoms with Crippen LogP contribution in [0.25, 0.3) is 11.1 Å². The van der Waals surface area contributed by atoms with E-state index in [0.29, 0.717) is 17.1 Å². The first-order valence-electron chi connectivity index (χ1n) is 15.1. The topological polar surface area (TPSA) is 105 Å².